The Hall–Kier alpha value is -2.47. The first kappa shape index (κ1) is 15.4. The molecule has 0 bridgehead atoms. The lowest BCUT2D eigenvalue weighted by Crippen LogP contribution is -2.62. The van der Waals surface area contributed by atoms with Gasteiger partial charge in [0.2, 0.25) is 0 Å². The monoisotopic (exact) mass is 332 g/mol. The Labute approximate surface area is 139 Å². The van der Waals surface area contributed by atoms with Gasteiger partial charge in [-0.1, -0.05) is 11.6 Å². The van der Waals surface area contributed by atoms with E-state index in [1.165, 1.54) is 0 Å². The molecule has 1 fully saturated rings. The van der Waals surface area contributed by atoms with Crippen LogP contribution in [0.2, 0.25) is 5.02 Å². The number of rotatable bonds is 3. The molecule has 0 aliphatic carbocycles. The molecule has 0 spiro atoms. The Bertz CT molecular complexity index is 724. The number of hydrogen-bond acceptors (Lipinski definition) is 2. The highest BCUT2D eigenvalue weighted by atomic mass is 35.5. The lowest BCUT2D eigenvalue weighted by molar-refractivity contribution is 0.0578. The summed E-state index contributed by atoms with van der Waals surface area (Å²) < 4.78 is 1.92. The van der Waals surface area contributed by atoms with Crippen molar-refractivity contribution < 1.29 is 9.59 Å². The van der Waals surface area contributed by atoms with Crippen LogP contribution in [-0.4, -0.2) is 47.6 Å². The number of carbonyl (C=O) groups excluding carboxylic acids is 2. The Kier molecular flexibility index (Phi) is 4.25. The molecule has 3 rings (SSSR count). The molecule has 0 radical (unpaired) electrons. The van der Waals surface area contributed by atoms with Gasteiger partial charge in [0, 0.05) is 38.2 Å². The number of nitrogens with zero attached hydrogens (tertiary/aromatic N) is 2. The van der Waals surface area contributed by atoms with Crippen LogP contribution in [0.4, 0.5) is 4.79 Å². The van der Waals surface area contributed by atoms with E-state index < -0.39 is 0 Å². The molecule has 0 unspecified atom stereocenters. The summed E-state index contributed by atoms with van der Waals surface area (Å²) in [6.45, 7) is 0.965. The third kappa shape index (κ3) is 3.17. The zero-order valence-electron chi connectivity index (χ0n) is 12.6. The van der Waals surface area contributed by atoms with Crippen LogP contribution in [0, 0.1) is 0 Å². The van der Waals surface area contributed by atoms with Crippen molar-refractivity contribution in [2.24, 2.45) is 0 Å². The zero-order valence-corrected chi connectivity index (χ0v) is 13.4. The second kappa shape index (κ2) is 6.34. The summed E-state index contributed by atoms with van der Waals surface area (Å²) in [5.74, 6) is -0.126. The van der Waals surface area contributed by atoms with Gasteiger partial charge in [0.15, 0.2) is 0 Å². The van der Waals surface area contributed by atoms with Crippen LogP contribution in [-0.2, 0) is 0 Å². The summed E-state index contributed by atoms with van der Waals surface area (Å²) in [4.78, 5) is 25.5. The van der Waals surface area contributed by atoms with Crippen molar-refractivity contribution in [3.05, 3.63) is 53.3 Å². The smallest absolute Gasteiger partial charge is 0.314 e. The molecule has 3 amide bonds. The quantitative estimate of drug-likeness (QED) is 0.901. The Morgan fingerprint density at radius 2 is 1.91 bits per heavy atom. The van der Waals surface area contributed by atoms with Crippen molar-refractivity contribution in [2.75, 3.05) is 20.1 Å². The average molecular weight is 333 g/mol. The molecule has 1 aliphatic heterocycles. The van der Waals surface area contributed by atoms with Crippen LogP contribution in [0.15, 0.2) is 42.7 Å². The Balaban J connectivity index is 1.71. The molecule has 2 N–H and O–H groups in total. The highest BCUT2D eigenvalue weighted by Gasteiger charge is 2.32. The molecule has 120 valence electrons. The summed E-state index contributed by atoms with van der Waals surface area (Å²) in [5.41, 5.74) is 1.35. The van der Waals surface area contributed by atoms with Crippen LogP contribution < -0.4 is 10.6 Å². The van der Waals surface area contributed by atoms with Gasteiger partial charge in [-0.25, -0.2) is 4.79 Å². The van der Waals surface area contributed by atoms with Crippen molar-refractivity contribution in [1.29, 1.82) is 0 Å². The van der Waals surface area contributed by atoms with Gasteiger partial charge in [0.25, 0.3) is 5.91 Å². The molecular formula is C16H17ClN4O2. The first-order valence-corrected chi connectivity index (χ1v) is 7.66. The summed E-state index contributed by atoms with van der Waals surface area (Å²) in [6.07, 6.45) is 3.81. The minimum Gasteiger partial charge on any atom is -0.341 e. The third-order valence-corrected chi connectivity index (χ3v) is 4.14. The van der Waals surface area contributed by atoms with Gasteiger partial charge in [0.05, 0.1) is 16.6 Å². The first-order valence-electron chi connectivity index (χ1n) is 7.29. The van der Waals surface area contributed by atoms with E-state index in [2.05, 4.69) is 10.6 Å². The highest BCUT2D eigenvalue weighted by molar-refractivity contribution is 6.33. The fourth-order valence-corrected chi connectivity index (χ4v) is 2.71. The van der Waals surface area contributed by atoms with E-state index in [0.717, 1.165) is 5.69 Å². The predicted molar refractivity (Wildman–Crippen MR) is 88.1 cm³/mol. The molecule has 7 heteroatoms. The summed E-state index contributed by atoms with van der Waals surface area (Å²) in [7, 11) is 1.56. The van der Waals surface area contributed by atoms with Crippen molar-refractivity contribution in [1.82, 2.24) is 20.1 Å². The predicted octanol–water partition coefficient (Wildman–Crippen LogP) is 1.88. The third-order valence-electron chi connectivity index (χ3n) is 3.81. The van der Waals surface area contributed by atoms with Crippen molar-refractivity contribution in [3.8, 4) is 5.69 Å². The number of likely N-dealkylation sites (tertiary alicyclic amines) is 1. The molecule has 2 aromatic rings. The van der Waals surface area contributed by atoms with E-state index in [0.29, 0.717) is 23.7 Å². The zero-order chi connectivity index (χ0) is 16.4. The fourth-order valence-electron chi connectivity index (χ4n) is 2.51. The maximum absolute atomic E-state index is 12.6. The topological polar surface area (TPSA) is 66.4 Å². The van der Waals surface area contributed by atoms with Gasteiger partial charge < -0.3 is 20.1 Å². The normalized spacial score (nSPS) is 14.3. The largest absolute Gasteiger partial charge is 0.341 e. The molecule has 1 saturated heterocycles. The van der Waals surface area contributed by atoms with Crippen LogP contribution in [0.25, 0.3) is 5.69 Å². The van der Waals surface area contributed by atoms with E-state index in [9.17, 15) is 9.59 Å². The number of aromatic nitrogens is 1. The van der Waals surface area contributed by atoms with E-state index in [4.69, 9.17) is 11.6 Å². The lowest BCUT2D eigenvalue weighted by atomic mass is 10.1. The molecule has 2 heterocycles. The van der Waals surface area contributed by atoms with Crippen molar-refractivity contribution in [3.63, 3.8) is 0 Å². The molecule has 0 atom stereocenters. The fraction of sp³-hybridized carbons (Fsp3) is 0.250. The number of amides is 3. The lowest BCUT2D eigenvalue weighted by Gasteiger charge is -2.39. The van der Waals surface area contributed by atoms with Crippen LogP contribution >= 0.6 is 11.6 Å². The van der Waals surface area contributed by atoms with Gasteiger partial charge in [-0.05, 0) is 30.3 Å². The SMILES string of the molecule is CNC(=O)NC1CN(C(=O)c2cc(-n3cccc3)ccc2Cl)C1. The van der Waals surface area contributed by atoms with E-state index in [1.54, 1.807) is 24.1 Å². The summed E-state index contributed by atoms with van der Waals surface area (Å²) in [5, 5.41) is 5.69. The van der Waals surface area contributed by atoms with E-state index in [-0.39, 0.29) is 18.0 Å². The maximum Gasteiger partial charge on any atom is 0.314 e. The number of nitrogens with one attached hydrogen (secondary N) is 2. The van der Waals surface area contributed by atoms with Crippen molar-refractivity contribution in [2.45, 2.75) is 6.04 Å². The van der Waals surface area contributed by atoms with Gasteiger partial charge in [-0.3, -0.25) is 4.79 Å². The molecule has 1 aliphatic rings. The standard InChI is InChI=1S/C16H17ClN4O2/c1-18-16(23)19-11-9-21(10-11)15(22)13-8-12(4-5-14(13)17)20-6-2-3-7-20/h2-8,11H,9-10H2,1H3,(H2,18,19,23). The Morgan fingerprint density at radius 1 is 1.22 bits per heavy atom. The Morgan fingerprint density at radius 3 is 2.57 bits per heavy atom. The number of benzene rings is 1. The molecule has 1 aromatic carbocycles. The van der Waals surface area contributed by atoms with Crippen LogP contribution in [0.5, 0.6) is 0 Å². The number of halogens is 1. The van der Waals surface area contributed by atoms with Crippen LogP contribution in [0.3, 0.4) is 0 Å². The summed E-state index contributed by atoms with van der Waals surface area (Å²) in [6, 6.07) is 8.95. The van der Waals surface area contributed by atoms with Crippen LogP contribution in [0.1, 0.15) is 10.4 Å². The van der Waals surface area contributed by atoms with Gasteiger partial charge >= 0.3 is 6.03 Å². The molecule has 23 heavy (non-hydrogen) atoms. The van der Waals surface area contributed by atoms with Gasteiger partial charge in [-0.2, -0.15) is 0 Å². The second-order valence-corrected chi connectivity index (χ2v) is 5.79. The highest BCUT2D eigenvalue weighted by Crippen LogP contribution is 2.23. The minimum atomic E-state index is -0.241. The molecule has 6 nitrogen and oxygen atoms in total. The molecule has 1 aromatic heterocycles. The van der Waals surface area contributed by atoms with Crippen molar-refractivity contribution >= 4 is 23.5 Å². The minimum absolute atomic E-state index is 0.0229. The van der Waals surface area contributed by atoms with E-state index in [1.807, 2.05) is 35.2 Å². The van der Waals surface area contributed by atoms with Gasteiger partial charge in [0.1, 0.15) is 0 Å². The number of hydrogen-bond donors (Lipinski definition) is 2. The number of urea groups is 1. The summed E-state index contributed by atoms with van der Waals surface area (Å²) >= 11 is 6.18. The first-order chi connectivity index (χ1) is 11.1. The maximum atomic E-state index is 12.6. The molecule has 0 saturated carbocycles. The van der Waals surface area contributed by atoms with Gasteiger partial charge in [-0.15, -0.1) is 0 Å². The molecular weight excluding hydrogens is 316 g/mol. The number of carbonyl (C=O) groups is 2. The van der Waals surface area contributed by atoms with E-state index >= 15 is 0 Å². The second-order valence-electron chi connectivity index (χ2n) is 5.38. The average Bonchev–Trinajstić information content (AvgIpc) is 3.04.